The number of nitrogens with zero attached hydrogens (tertiary/aromatic N) is 2. The van der Waals surface area contributed by atoms with Crippen LogP contribution < -0.4 is 4.90 Å². The Morgan fingerprint density at radius 1 is 0.431 bits per heavy atom. The van der Waals surface area contributed by atoms with Gasteiger partial charge in [-0.1, -0.05) is 135 Å². The lowest BCUT2D eigenvalue weighted by Crippen LogP contribution is -2.17. The molecule has 0 radical (unpaired) electrons. The van der Waals surface area contributed by atoms with Crippen LogP contribution in [0.1, 0.15) is 25.0 Å². The number of para-hydroxylation sites is 2. The zero-order valence-electron chi connectivity index (χ0n) is 32.3. The Labute approximate surface area is 336 Å². The van der Waals surface area contributed by atoms with Crippen LogP contribution in [0.15, 0.2) is 199 Å². The summed E-state index contributed by atoms with van der Waals surface area (Å²) in [5, 5.41) is 7.37. The van der Waals surface area contributed by atoms with Crippen LogP contribution in [0.25, 0.3) is 82.5 Å². The number of anilines is 3. The first-order chi connectivity index (χ1) is 28.5. The zero-order chi connectivity index (χ0) is 38.5. The third-order valence-corrected chi connectivity index (χ3v) is 12.6. The van der Waals surface area contributed by atoms with Gasteiger partial charge in [0, 0.05) is 49.7 Å². The lowest BCUT2D eigenvalue weighted by atomic mass is 9.82. The van der Waals surface area contributed by atoms with Gasteiger partial charge in [0.25, 0.3) is 0 Å². The molecule has 3 nitrogen and oxygen atoms in total. The van der Waals surface area contributed by atoms with Crippen molar-refractivity contribution in [1.29, 1.82) is 0 Å². The second-order valence-corrected chi connectivity index (χ2v) is 16.1. The maximum absolute atomic E-state index is 6.27. The lowest BCUT2D eigenvalue weighted by molar-refractivity contribution is 0.660. The summed E-state index contributed by atoms with van der Waals surface area (Å²) < 4.78 is 8.73. The summed E-state index contributed by atoms with van der Waals surface area (Å²) in [5.74, 6) is 0. The van der Waals surface area contributed by atoms with E-state index in [0.717, 1.165) is 39.0 Å². The molecule has 58 heavy (non-hydrogen) atoms. The normalized spacial score (nSPS) is 13.1. The monoisotopic (exact) mass is 742 g/mol. The molecular weight excluding hydrogens is 705 g/mol. The van der Waals surface area contributed by atoms with Crippen LogP contribution in [0.5, 0.6) is 0 Å². The van der Waals surface area contributed by atoms with Crippen molar-refractivity contribution in [2.24, 2.45) is 0 Å². The average molecular weight is 743 g/mol. The Morgan fingerprint density at radius 3 is 1.90 bits per heavy atom. The number of hydrogen-bond acceptors (Lipinski definition) is 2. The molecule has 0 unspecified atom stereocenters. The van der Waals surface area contributed by atoms with Gasteiger partial charge >= 0.3 is 0 Å². The Hall–Kier alpha value is -7.36. The van der Waals surface area contributed by atoms with E-state index in [4.69, 9.17) is 4.42 Å². The number of fused-ring (bicyclic) bond motifs is 11. The summed E-state index contributed by atoms with van der Waals surface area (Å²) in [6, 6.07) is 70.7. The van der Waals surface area contributed by atoms with Gasteiger partial charge in [-0.3, -0.25) is 0 Å². The minimum atomic E-state index is -0.240. The lowest BCUT2D eigenvalue weighted by Gasteiger charge is -2.28. The molecule has 0 amide bonds. The van der Waals surface area contributed by atoms with Crippen LogP contribution in [0, 0.1) is 0 Å². The van der Waals surface area contributed by atoms with Crippen molar-refractivity contribution in [1.82, 2.24) is 4.57 Å². The van der Waals surface area contributed by atoms with Crippen LogP contribution in [0.4, 0.5) is 17.1 Å². The van der Waals surface area contributed by atoms with E-state index in [0.29, 0.717) is 0 Å². The van der Waals surface area contributed by atoms with E-state index in [1.807, 2.05) is 12.1 Å². The largest absolute Gasteiger partial charge is 0.456 e. The molecular formula is C55H38N2O. The molecule has 11 aromatic rings. The first-order valence-electron chi connectivity index (χ1n) is 20.1. The average Bonchev–Trinajstić information content (AvgIpc) is 3.89. The van der Waals surface area contributed by atoms with Crippen LogP contribution >= 0.6 is 0 Å². The van der Waals surface area contributed by atoms with Crippen LogP contribution in [0.2, 0.25) is 0 Å². The fourth-order valence-corrected chi connectivity index (χ4v) is 9.74. The van der Waals surface area contributed by atoms with Gasteiger partial charge in [0.15, 0.2) is 0 Å². The number of furan rings is 1. The zero-order valence-corrected chi connectivity index (χ0v) is 32.3. The molecule has 0 saturated carbocycles. The fourth-order valence-electron chi connectivity index (χ4n) is 9.74. The molecule has 0 saturated heterocycles. The number of rotatable bonds is 5. The minimum Gasteiger partial charge on any atom is -0.456 e. The van der Waals surface area contributed by atoms with Crippen molar-refractivity contribution in [3.63, 3.8) is 0 Å². The molecule has 3 heteroatoms. The first kappa shape index (κ1) is 32.8. The van der Waals surface area contributed by atoms with Gasteiger partial charge in [-0.15, -0.1) is 0 Å². The van der Waals surface area contributed by atoms with Gasteiger partial charge in [0.05, 0.1) is 11.0 Å². The van der Waals surface area contributed by atoms with Gasteiger partial charge in [-0.2, -0.15) is 0 Å². The summed E-state index contributed by atoms with van der Waals surface area (Å²) in [4.78, 5) is 2.39. The fraction of sp³-hybridized carbons (Fsp3) is 0.0545. The summed E-state index contributed by atoms with van der Waals surface area (Å²) in [6.07, 6.45) is 0. The summed E-state index contributed by atoms with van der Waals surface area (Å²) >= 11 is 0. The van der Waals surface area contributed by atoms with Crippen molar-refractivity contribution in [2.75, 3.05) is 4.90 Å². The third-order valence-electron chi connectivity index (χ3n) is 12.6. The van der Waals surface area contributed by atoms with Crippen molar-refractivity contribution < 1.29 is 4.42 Å². The van der Waals surface area contributed by atoms with Gasteiger partial charge < -0.3 is 13.9 Å². The summed E-state index contributed by atoms with van der Waals surface area (Å²) in [6.45, 7) is 4.76. The van der Waals surface area contributed by atoms with Crippen molar-refractivity contribution in [3.05, 3.63) is 205 Å². The van der Waals surface area contributed by atoms with E-state index in [-0.39, 0.29) is 5.41 Å². The van der Waals surface area contributed by atoms with Gasteiger partial charge in [0.1, 0.15) is 11.2 Å². The van der Waals surface area contributed by atoms with E-state index >= 15 is 0 Å². The number of aromatic nitrogens is 1. The predicted molar refractivity (Wildman–Crippen MR) is 243 cm³/mol. The number of hydrogen-bond donors (Lipinski definition) is 0. The van der Waals surface area contributed by atoms with Crippen molar-refractivity contribution in [3.8, 4) is 27.9 Å². The Kier molecular flexibility index (Phi) is 6.98. The highest BCUT2D eigenvalue weighted by Crippen LogP contribution is 2.52. The van der Waals surface area contributed by atoms with Gasteiger partial charge in [-0.25, -0.2) is 0 Å². The molecule has 0 N–H and O–H groups in total. The van der Waals surface area contributed by atoms with Crippen LogP contribution in [-0.4, -0.2) is 4.57 Å². The topological polar surface area (TPSA) is 21.3 Å². The van der Waals surface area contributed by atoms with Crippen LogP contribution in [0.3, 0.4) is 0 Å². The second-order valence-electron chi connectivity index (χ2n) is 16.1. The maximum atomic E-state index is 6.27. The molecule has 0 aliphatic heterocycles. The highest BCUT2D eigenvalue weighted by atomic mass is 16.3. The van der Waals surface area contributed by atoms with E-state index in [9.17, 15) is 0 Å². The molecule has 2 heterocycles. The SMILES string of the molecule is CC1(C)c2cc(N(c3ccc(-c4ccccc4)cc3)c3ccc4oc5ccccc5c4c3)ccc2-c2ccc(-n3c4ccccc4c4c5ccccc5ccc43)cc21. The molecule has 274 valence electrons. The molecule has 0 fully saturated rings. The minimum absolute atomic E-state index is 0.240. The molecule has 12 rings (SSSR count). The predicted octanol–water partition coefficient (Wildman–Crippen LogP) is 15.3. The molecule has 2 aromatic heterocycles. The van der Waals surface area contributed by atoms with E-state index in [1.54, 1.807) is 0 Å². The Balaban J connectivity index is 1.00. The maximum Gasteiger partial charge on any atom is 0.135 e. The number of benzene rings is 9. The standard InChI is InChI=1S/C55H38N2O/c1-55(2)48-33-40(56(38-23-20-36(21-24-38)35-12-4-3-5-13-35)39-27-31-53-47(32-39)45-16-9-11-19-52(45)58-53)25-28-43(48)44-29-26-41(34-49(44)55)57-50-18-10-8-17-46(50)54-42-15-7-6-14-37(42)22-30-51(54)57/h3-34H,1-2H3. The highest BCUT2D eigenvalue weighted by molar-refractivity contribution is 6.21. The Morgan fingerprint density at radius 2 is 1.05 bits per heavy atom. The third kappa shape index (κ3) is 4.80. The molecule has 1 aliphatic rings. The van der Waals surface area contributed by atoms with Crippen LogP contribution in [-0.2, 0) is 5.41 Å². The Bertz CT molecular complexity index is 3420. The summed E-state index contributed by atoms with van der Waals surface area (Å²) in [7, 11) is 0. The van der Waals surface area contributed by atoms with Crippen molar-refractivity contribution >= 4 is 71.6 Å². The quantitative estimate of drug-likeness (QED) is 0.175. The molecule has 1 aliphatic carbocycles. The molecule has 0 atom stereocenters. The summed E-state index contributed by atoms with van der Waals surface area (Å²) in [5.41, 5.74) is 16.1. The van der Waals surface area contributed by atoms with E-state index in [2.05, 4.69) is 205 Å². The molecule has 9 aromatic carbocycles. The van der Waals surface area contributed by atoms with Crippen molar-refractivity contribution in [2.45, 2.75) is 19.3 Å². The smallest absolute Gasteiger partial charge is 0.135 e. The molecule has 0 spiro atoms. The highest BCUT2D eigenvalue weighted by Gasteiger charge is 2.36. The molecule has 0 bridgehead atoms. The van der Waals surface area contributed by atoms with E-state index < -0.39 is 0 Å². The second kappa shape index (κ2) is 12.3. The van der Waals surface area contributed by atoms with E-state index in [1.165, 1.54) is 71.6 Å². The van der Waals surface area contributed by atoms with Gasteiger partial charge in [-0.05, 0) is 117 Å². The van der Waals surface area contributed by atoms with Gasteiger partial charge in [0.2, 0.25) is 0 Å². The first-order valence-corrected chi connectivity index (χ1v) is 20.1.